The Morgan fingerprint density at radius 3 is 2.34 bits per heavy atom. The third-order valence-corrected chi connectivity index (χ3v) is 7.21. The number of thiocarbonyl (C=S) groups is 1. The average molecular weight is 513 g/mol. The number of nitrogens with zero attached hydrogens (tertiary/aromatic N) is 4. The van der Waals surface area contributed by atoms with Crippen molar-refractivity contribution < 1.29 is 0 Å². The largest absolute Gasteiger partial charge is 0.346 e. The van der Waals surface area contributed by atoms with Crippen LogP contribution in [-0.4, -0.2) is 50.9 Å². The van der Waals surface area contributed by atoms with Gasteiger partial charge in [-0.25, -0.2) is 0 Å². The summed E-state index contributed by atoms with van der Waals surface area (Å²) in [6.07, 6.45) is 0. The quantitative estimate of drug-likeness (QED) is 0.480. The summed E-state index contributed by atoms with van der Waals surface area (Å²) in [4.78, 5) is 4.75. The molecule has 0 saturated carbocycles. The Kier molecular flexibility index (Phi) is 7.28. The van der Waals surface area contributed by atoms with Crippen LogP contribution in [0.4, 0.5) is 5.69 Å². The van der Waals surface area contributed by atoms with Gasteiger partial charge in [-0.3, -0.25) is 9.58 Å². The van der Waals surface area contributed by atoms with E-state index in [1.165, 1.54) is 21.2 Å². The zero-order chi connectivity index (χ0) is 22.7. The summed E-state index contributed by atoms with van der Waals surface area (Å²) in [5.74, 6) is 0. The Hall–Kier alpha value is -2.22. The van der Waals surface area contributed by atoms with Gasteiger partial charge in [-0.2, -0.15) is 5.10 Å². The van der Waals surface area contributed by atoms with Gasteiger partial charge in [0.2, 0.25) is 0 Å². The number of hydrogen-bond acceptors (Lipinski definition) is 3. The first-order valence-corrected chi connectivity index (χ1v) is 12.2. The molecule has 1 fully saturated rings. The third-order valence-electron chi connectivity index (χ3n) is 6.08. The fraction of sp³-hybridized carbons (Fsp3) is 0.360. The SMILES string of the molecule is Cc1ccc(Cn2nc(C)c(NC(=S)N3CCN(Cc4ccccc4Br)CC3)c2C)cc1. The van der Waals surface area contributed by atoms with E-state index >= 15 is 0 Å². The van der Waals surface area contributed by atoms with E-state index in [0.29, 0.717) is 0 Å². The van der Waals surface area contributed by atoms with Crippen LogP contribution in [0.3, 0.4) is 0 Å². The monoisotopic (exact) mass is 511 g/mol. The molecule has 0 amide bonds. The molecule has 0 unspecified atom stereocenters. The van der Waals surface area contributed by atoms with E-state index in [1.807, 2.05) is 6.92 Å². The van der Waals surface area contributed by atoms with E-state index in [4.69, 9.17) is 17.3 Å². The first kappa shape index (κ1) is 23.0. The third kappa shape index (κ3) is 5.39. The summed E-state index contributed by atoms with van der Waals surface area (Å²) in [6, 6.07) is 17.1. The Morgan fingerprint density at radius 2 is 1.66 bits per heavy atom. The van der Waals surface area contributed by atoms with Crippen LogP contribution in [-0.2, 0) is 13.1 Å². The molecule has 4 rings (SSSR count). The number of hydrogen-bond donors (Lipinski definition) is 1. The van der Waals surface area contributed by atoms with E-state index in [2.05, 4.69) is 98.1 Å². The van der Waals surface area contributed by atoms with E-state index in [0.717, 1.165) is 61.5 Å². The number of aryl methyl sites for hydroxylation is 2. The molecule has 1 aliphatic rings. The lowest BCUT2D eigenvalue weighted by Crippen LogP contribution is -2.49. The predicted octanol–water partition coefficient (Wildman–Crippen LogP) is 5.13. The second-order valence-electron chi connectivity index (χ2n) is 8.47. The molecule has 7 heteroatoms. The molecule has 2 aromatic carbocycles. The number of aromatic nitrogens is 2. The molecule has 1 saturated heterocycles. The minimum atomic E-state index is 0.759. The van der Waals surface area contributed by atoms with Crippen LogP contribution < -0.4 is 5.32 Å². The lowest BCUT2D eigenvalue weighted by molar-refractivity contribution is 0.176. The Bertz CT molecular complexity index is 1080. The van der Waals surface area contributed by atoms with Gasteiger partial charge in [-0.15, -0.1) is 0 Å². The van der Waals surface area contributed by atoms with Crippen LogP contribution in [0, 0.1) is 20.8 Å². The van der Waals surface area contributed by atoms with Crippen LogP contribution in [0.2, 0.25) is 0 Å². The van der Waals surface area contributed by atoms with Gasteiger partial charge < -0.3 is 10.2 Å². The second kappa shape index (κ2) is 10.1. The zero-order valence-corrected chi connectivity index (χ0v) is 21.3. The fourth-order valence-electron chi connectivity index (χ4n) is 4.06. The van der Waals surface area contributed by atoms with Crippen molar-refractivity contribution in [1.29, 1.82) is 0 Å². The highest BCUT2D eigenvalue weighted by molar-refractivity contribution is 9.10. The lowest BCUT2D eigenvalue weighted by atomic mass is 10.1. The van der Waals surface area contributed by atoms with Crippen LogP contribution in [0.5, 0.6) is 0 Å². The molecule has 32 heavy (non-hydrogen) atoms. The summed E-state index contributed by atoms with van der Waals surface area (Å²) in [6.45, 7) is 11.8. The molecule has 168 valence electrons. The average Bonchev–Trinajstić information content (AvgIpc) is 3.04. The molecule has 3 aromatic rings. The molecule has 1 aliphatic heterocycles. The number of nitrogens with one attached hydrogen (secondary N) is 1. The number of benzene rings is 2. The zero-order valence-electron chi connectivity index (χ0n) is 18.9. The normalized spacial score (nSPS) is 14.6. The molecule has 5 nitrogen and oxygen atoms in total. The van der Waals surface area contributed by atoms with Crippen LogP contribution >= 0.6 is 28.1 Å². The number of halogens is 1. The standard InChI is InChI=1S/C25H30BrN5S/c1-18-8-10-21(11-9-18)16-31-20(3)24(19(2)28-31)27-25(32)30-14-12-29(13-15-30)17-22-6-4-5-7-23(22)26/h4-11H,12-17H2,1-3H3,(H,27,32). The first-order valence-electron chi connectivity index (χ1n) is 11.0. The van der Waals surface area contributed by atoms with Gasteiger partial charge >= 0.3 is 0 Å². The molecule has 0 aliphatic carbocycles. The number of rotatable bonds is 5. The lowest BCUT2D eigenvalue weighted by Gasteiger charge is -2.36. The van der Waals surface area contributed by atoms with Crippen LogP contribution in [0.15, 0.2) is 53.0 Å². The Balaban J connectivity index is 1.35. The van der Waals surface area contributed by atoms with Gasteiger partial charge in [0.25, 0.3) is 0 Å². The first-order chi connectivity index (χ1) is 15.4. The van der Waals surface area contributed by atoms with Crippen molar-refractivity contribution in [3.63, 3.8) is 0 Å². The van der Waals surface area contributed by atoms with Gasteiger partial charge in [-0.05, 0) is 50.2 Å². The number of anilines is 1. The minimum absolute atomic E-state index is 0.759. The molecule has 0 spiro atoms. The van der Waals surface area contributed by atoms with Crippen molar-refractivity contribution in [2.45, 2.75) is 33.9 Å². The highest BCUT2D eigenvalue weighted by atomic mass is 79.9. The molecule has 2 heterocycles. The summed E-state index contributed by atoms with van der Waals surface area (Å²) in [5, 5.41) is 9.03. The van der Waals surface area contributed by atoms with E-state index in [1.54, 1.807) is 0 Å². The van der Waals surface area contributed by atoms with Gasteiger partial charge in [0.15, 0.2) is 5.11 Å². The van der Waals surface area contributed by atoms with Crippen molar-refractivity contribution in [1.82, 2.24) is 19.6 Å². The van der Waals surface area contributed by atoms with Crippen LogP contribution in [0.1, 0.15) is 28.1 Å². The molecular formula is C25H30BrN5S. The van der Waals surface area contributed by atoms with Crippen LogP contribution in [0.25, 0.3) is 0 Å². The maximum absolute atomic E-state index is 5.77. The minimum Gasteiger partial charge on any atom is -0.346 e. The van der Waals surface area contributed by atoms with Gasteiger partial charge in [0, 0.05) is 37.2 Å². The maximum atomic E-state index is 5.77. The van der Waals surface area contributed by atoms with E-state index < -0.39 is 0 Å². The molecular weight excluding hydrogens is 482 g/mol. The molecule has 1 aromatic heterocycles. The highest BCUT2D eigenvalue weighted by Gasteiger charge is 2.21. The van der Waals surface area contributed by atoms with Crippen molar-refractivity contribution in [2.24, 2.45) is 0 Å². The topological polar surface area (TPSA) is 36.3 Å². The van der Waals surface area contributed by atoms with Crippen molar-refractivity contribution in [3.8, 4) is 0 Å². The van der Waals surface area contributed by atoms with Crippen molar-refractivity contribution in [3.05, 3.63) is 81.1 Å². The van der Waals surface area contributed by atoms with Gasteiger partial charge in [0.1, 0.15) is 0 Å². The molecule has 0 radical (unpaired) electrons. The Labute approximate surface area is 204 Å². The van der Waals surface area contributed by atoms with E-state index in [9.17, 15) is 0 Å². The molecule has 0 bridgehead atoms. The molecule has 0 atom stereocenters. The fourth-order valence-corrected chi connectivity index (χ4v) is 4.76. The predicted molar refractivity (Wildman–Crippen MR) is 139 cm³/mol. The number of piperazine rings is 1. The summed E-state index contributed by atoms with van der Waals surface area (Å²) >= 11 is 9.43. The van der Waals surface area contributed by atoms with Gasteiger partial charge in [0.05, 0.1) is 23.6 Å². The molecule has 1 N–H and O–H groups in total. The second-order valence-corrected chi connectivity index (χ2v) is 9.71. The van der Waals surface area contributed by atoms with Gasteiger partial charge in [-0.1, -0.05) is 64.0 Å². The summed E-state index contributed by atoms with van der Waals surface area (Å²) < 4.78 is 3.23. The van der Waals surface area contributed by atoms with E-state index in [-0.39, 0.29) is 0 Å². The Morgan fingerprint density at radius 1 is 0.969 bits per heavy atom. The highest BCUT2D eigenvalue weighted by Crippen LogP contribution is 2.22. The van der Waals surface area contributed by atoms with Crippen molar-refractivity contribution in [2.75, 3.05) is 31.5 Å². The summed E-state index contributed by atoms with van der Waals surface area (Å²) in [5.41, 5.74) is 6.96. The van der Waals surface area contributed by atoms with Crippen molar-refractivity contribution >= 4 is 38.9 Å². The smallest absolute Gasteiger partial charge is 0.173 e. The summed E-state index contributed by atoms with van der Waals surface area (Å²) in [7, 11) is 0. The maximum Gasteiger partial charge on any atom is 0.173 e.